The summed E-state index contributed by atoms with van der Waals surface area (Å²) in [4.78, 5) is 32.7. The van der Waals surface area contributed by atoms with Gasteiger partial charge in [0.2, 0.25) is 11.8 Å². The monoisotopic (exact) mass is 449 g/mol. The molecule has 4 rings (SSSR count). The zero-order chi connectivity index (χ0) is 22.3. The molecule has 0 spiro atoms. The third-order valence-electron chi connectivity index (χ3n) is 5.61. The highest BCUT2D eigenvalue weighted by Crippen LogP contribution is 2.33. The SMILES string of the molecule is Cc1nc(NC(=O)C2CCN(C(=O)CCOc3ccccc3)CC2)sc1-c1ccccc1. The third-order valence-corrected chi connectivity index (χ3v) is 6.73. The maximum atomic E-state index is 12.8. The zero-order valence-corrected chi connectivity index (χ0v) is 18.9. The summed E-state index contributed by atoms with van der Waals surface area (Å²) in [6.45, 7) is 3.50. The van der Waals surface area contributed by atoms with Gasteiger partial charge in [-0.15, -0.1) is 0 Å². The van der Waals surface area contributed by atoms with Crippen LogP contribution < -0.4 is 10.1 Å². The van der Waals surface area contributed by atoms with Gasteiger partial charge < -0.3 is 15.0 Å². The van der Waals surface area contributed by atoms with Crippen LogP contribution in [0.2, 0.25) is 0 Å². The van der Waals surface area contributed by atoms with Crippen LogP contribution in [0.4, 0.5) is 5.13 Å². The molecule has 0 unspecified atom stereocenters. The van der Waals surface area contributed by atoms with Gasteiger partial charge >= 0.3 is 0 Å². The molecule has 0 saturated carbocycles. The van der Waals surface area contributed by atoms with Gasteiger partial charge in [0.05, 0.1) is 23.6 Å². The fourth-order valence-corrected chi connectivity index (χ4v) is 4.81. The molecule has 7 heteroatoms. The lowest BCUT2D eigenvalue weighted by atomic mass is 9.96. The molecule has 1 aromatic heterocycles. The summed E-state index contributed by atoms with van der Waals surface area (Å²) in [5.41, 5.74) is 2.01. The van der Waals surface area contributed by atoms with E-state index in [0.29, 0.717) is 44.1 Å². The molecule has 1 fully saturated rings. The number of thiazole rings is 1. The predicted octanol–water partition coefficient (Wildman–Crippen LogP) is 4.76. The molecule has 6 nitrogen and oxygen atoms in total. The highest BCUT2D eigenvalue weighted by molar-refractivity contribution is 7.19. The molecule has 2 aromatic carbocycles. The summed E-state index contributed by atoms with van der Waals surface area (Å²) in [7, 11) is 0. The Kier molecular flexibility index (Phi) is 7.17. The van der Waals surface area contributed by atoms with Crippen molar-refractivity contribution < 1.29 is 14.3 Å². The minimum absolute atomic E-state index is 0.0159. The van der Waals surface area contributed by atoms with Crippen LogP contribution in [0.1, 0.15) is 25.0 Å². The average molecular weight is 450 g/mol. The van der Waals surface area contributed by atoms with Crippen molar-refractivity contribution in [3.05, 3.63) is 66.4 Å². The fraction of sp³-hybridized carbons (Fsp3) is 0.320. The second-order valence-corrected chi connectivity index (χ2v) is 8.85. The Labute approximate surface area is 192 Å². The van der Waals surface area contributed by atoms with E-state index in [2.05, 4.69) is 10.3 Å². The van der Waals surface area contributed by atoms with E-state index in [4.69, 9.17) is 4.74 Å². The molecule has 1 aliphatic heterocycles. The van der Waals surface area contributed by atoms with Crippen molar-refractivity contribution in [2.75, 3.05) is 25.0 Å². The molecule has 1 aliphatic rings. The van der Waals surface area contributed by atoms with Crippen molar-refractivity contribution in [2.45, 2.75) is 26.2 Å². The van der Waals surface area contributed by atoms with Crippen molar-refractivity contribution in [1.82, 2.24) is 9.88 Å². The normalized spacial score (nSPS) is 14.2. The minimum atomic E-state index is -0.107. The number of hydrogen-bond donors (Lipinski definition) is 1. The van der Waals surface area contributed by atoms with Gasteiger partial charge in [0.15, 0.2) is 5.13 Å². The molecular formula is C25H27N3O3S. The number of benzene rings is 2. The lowest BCUT2D eigenvalue weighted by Crippen LogP contribution is -2.41. The molecule has 3 aromatic rings. The van der Waals surface area contributed by atoms with Crippen molar-refractivity contribution in [3.63, 3.8) is 0 Å². The van der Waals surface area contributed by atoms with Gasteiger partial charge in [0.25, 0.3) is 0 Å². The van der Waals surface area contributed by atoms with E-state index >= 15 is 0 Å². The number of piperidine rings is 1. The lowest BCUT2D eigenvalue weighted by Gasteiger charge is -2.31. The van der Waals surface area contributed by atoms with E-state index in [1.165, 1.54) is 11.3 Å². The van der Waals surface area contributed by atoms with Gasteiger partial charge in [-0.1, -0.05) is 59.9 Å². The standard InChI is InChI=1S/C25H27N3O3S/c1-18-23(19-8-4-2-5-9-19)32-25(26-18)27-24(30)20-12-15-28(16-13-20)22(29)14-17-31-21-10-6-3-7-11-21/h2-11,20H,12-17H2,1H3,(H,26,27,30). The number of carbonyl (C=O) groups excluding carboxylic acids is 2. The van der Waals surface area contributed by atoms with Crippen molar-refractivity contribution in [1.29, 1.82) is 0 Å². The third kappa shape index (κ3) is 5.53. The molecule has 32 heavy (non-hydrogen) atoms. The molecule has 0 aliphatic carbocycles. The molecule has 2 amide bonds. The number of rotatable bonds is 7. The van der Waals surface area contributed by atoms with Gasteiger partial charge in [-0.3, -0.25) is 9.59 Å². The number of likely N-dealkylation sites (tertiary alicyclic amines) is 1. The zero-order valence-electron chi connectivity index (χ0n) is 18.1. The Morgan fingerprint density at radius 1 is 1.06 bits per heavy atom. The van der Waals surface area contributed by atoms with Crippen LogP contribution >= 0.6 is 11.3 Å². The van der Waals surface area contributed by atoms with Crippen LogP contribution in [0.5, 0.6) is 5.75 Å². The topological polar surface area (TPSA) is 71.5 Å². The van der Waals surface area contributed by atoms with Crippen LogP contribution in [-0.4, -0.2) is 41.4 Å². The highest BCUT2D eigenvalue weighted by Gasteiger charge is 2.28. The van der Waals surface area contributed by atoms with Crippen LogP contribution in [-0.2, 0) is 9.59 Å². The predicted molar refractivity (Wildman–Crippen MR) is 127 cm³/mol. The summed E-state index contributed by atoms with van der Waals surface area (Å²) in [5.74, 6) is 0.716. The van der Waals surface area contributed by atoms with E-state index in [9.17, 15) is 9.59 Å². The van der Waals surface area contributed by atoms with Gasteiger partial charge in [0.1, 0.15) is 5.75 Å². The molecule has 1 saturated heterocycles. The van der Waals surface area contributed by atoms with E-state index in [1.54, 1.807) is 0 Å². The van der Waals surface area contributed by atoms with Gasteiger partial charge in [-0.05, 0) is 37.5 Å². The number of anilines is 1. The van der Waals surface area contributed by atoms with Gasteiger partial charge in [-0.25, -0.2) is 4.98 Å². The number of hydrogen-bond acceptors (Lipinski definition) is 5. The van der Waals surface area contributed by atoms with E-state index in [0.717, 1.165) is 21.9 Å². The van der Waals surface area contributed by atoms with E-state index in [1.807, 2.05) is 72.5 Å². The fourth-order valence-electron chi connectivity index (χ4n) is 3.84. The summed E-state index contributed by atoms with van der Waals surface area (Å²) in [6, 6.07) is 19.6. The number of nitrogens with zero attached hydrogens (tertiary/aromatic N) is 2. The van der Waals surface area contributed by atoms with Crippen LogP contribution in [0.15, 0.2) is 60.7 Å². The number of aromatic nitrogens is 1. The van der Waals surface area contributed by atoms with Crippen molar-refractivity contribution in [3.8, 4) is 16.2 Å². The van der Waals surface area contributed by atoms with E-state index < -0.39 is 0 Å². The van der Waals surface area contributed by atoms with Gasteiger partial charge in [0, 0.05) is 19.0 Å². The summed E-state index contributed by atoms with van der Waals surface area (Å²) >= 11 is 1.50. The largest absolute Gasteiger partial charge is 0.493 e. The number of para-hydroxylation sites is 1. The molecule has 0 atom stereocenters. The summed E-state index contributed by atoms with van der Waals surface area (Å²) < 4.78 is 5.62. The van der Waals surface area contributed by atoms with Crippen LogP contribution in [0.25, 0.3) is 10.4 Å². The Balaban J connectivity index is 1.24. The first-order valence-electron chi connectivity index (χ1n) is 10.9. The smallest absolute Gasteiger partial charge is 0.229 e. The Bertz CT molecular complexity index is 1040. The van der Waals surface area contributed by atoms with Gasteiger partial charge in [-0.2, -0.15) is 0 Å². The molecule has 1 N–H and O–H groups in total. The van der Waals surface area contributed by atoms with E-state index in [-0.39, 0.29) is 17.7 Å². The molecular weight excluding hydrogens is 422 g/mol. The molecule has 166 valence electrons. The Hall–Kier alpha value is -3.19. The second kappa shape index (κ2) is 10.4. The Morgan fingerprint density at radius 2 is 1.72 bits per heavy atom. The Morgan fingerprint density at radius 3 is 2.41 bits per heavy atom. The first kappa shape index (κ1) is 22.0. The van der Waals surface area contributed by atoms with Crippen LogP contribution in [0.3, 0.4) is 0 Å². The number of ether oxygens (including phenoxy) is 1. The number of amides is 2. The lowest BCUT2D eigenvalue weighted by molar-refractivity contribution is -0.135. The second-order valence-electron chi connectivity index (χ2n) is 7.86. The summed E-state index contributed by atoms with van der Waals surface area (Å²) in [5, 5.41) is 3.61. The first-order valence-corrected chi connectivity index (χ1v) is 11.7. The first-order chi connectivity index (χ1) is 15.6. The quantitative estimate of drug-likeness (QED) is 0.564. The average Bonchev–Trinajstić information content (AvgIpc) is 3.20. The highest BCUT2D eigenvalue weighted by atomic mass is 32.1. The maximum absolute atomic E-state index is 12.8. The van der Waals surface area contributed by atoms with Crippen LogP contribution in [0, 0.1) is 12.8 Å². The number of aryl methyl sites for hydroxylation is 1. The summed E-state index contributed by atoms with van der Waals surface area (Å²) in [6.07, 6.45) is 1.66. The van der Waals surface area contributed by atoms with Crippen molar-refractivity contribution in [2.24, 2.45) is 5.92 Å². The minimum Gasteiger partial charge on any atom is -0.493 e. The molecule has 2 heterocycles. The molecule has 0 bridgehead atoms. The molecule has 0 radical (unpaired) electrons. The maximum Gasteiger partial charge on any atom is 0.229 e. The number of carbonyl (C=O) groups is 2. The van der Waals surface area contributed by atoms with Crippen molar-refractivity contribution >= 4 is 28.3 Å². The number of nitrogens with one attached hydrogen (secondary N) is 1.